The summed E-state index contributed by atoms with van der Waals surface area (Å²) in [7, 11) is 0. The van der Waals surface area contributed by atoms with Gasteiger partial charge in [-0.05, 0) is 42.8 Å². The molecule has 1 aromatic carbocycles. The summed E-state index contributed by atoms with van der Waals surface area (Å²) in [6, 6.07) is 7.60. The third kappa shape index (κ3) is 5.63. The number of unbranched alkanes of at least 4 members (excludes halogenated alkanes) is 1. The highest BCUT2D eigenvalue weighted by Crippen LogP contribution is 2.15. The first-order valence-corrected chi connectivity index (χ1v) is 8.00. The van der Waals surface area contributed by atoms with Crippen LogP contribution in [0.2, 0.25) is 0 Å². The third-order valence-electron chi connectivity index (χ3n) is 3.53. The monoisotopic (exact) mass is 349 g/mol. The Morgan fingerprint density at radius 1 is 1.24 bits per heavy atom. The normalized spacial score (nSPS) is 11.8. The Hall–Kier alpha value is -2.83. The van der Waals surface area contributed by atoms with E-state index in [0.29, 0.717) is 24.4 Å². The molecule has 0 aliphatic carbocycles. The van der Waals surface area contributed by atoms with Crippen molar-refractivity contribution in [2.75, 3.05) is 0 Å². The van der Waals surface area contributed by atoms with Crippen LogP contribution in [0.3, 0.4) is 0 Å². The fourth-order valence-electron chi connectivity index (χ4n) is 2.16. The second kappa shape index (κ2) is 8.86. The highest BCUT2D eigenvalue weighted by atomic mass is 19.1. The van der Waals surface area contributed by atoms with Gasteiger partial charge in [0.05, 0.1) is 0 Å². The molecule has 0 bridgehead atoms. The molecular formula is C18H20FNO5. The lowest BCUT2D eigenvalue weighted by Crippen LogP contribution is -2.40. The van der Waals surface area contributed by atoms with Gasteiger partial charge in [-0.3, -0.25) is 4.79 Å². The summed E-state index contributed by atoms with van der Waals surface area (Å²) in [4.78, 5) is 23.3. The molecule has 2 aromatic rings. The zero-order valence-corrected chi connectivity index (χ0v) is 13.8. The molecule has 1 unspecified atom stereocenters. The minimum atomic E-state index is -1.08. The topological polar surface area (TPSA) is 88.8 Å². The van der Waals surface area contributed by atoms with Crippen molar-refractivity contribution in [3.8, 4) is 5.75 Å². The Morgan fingerprint density at radius 3 is 2.60 bits per heavy atom. The van der Waals surface area contributed by atoms with Crippen LogP contribution in [0.5, 0.6) is 5.75 Å². The van der Waals surface area contributed by atoms with Crippen LogP contribution in [0.15, 0.2) is 40.8 Å². The molecule has 2 N–H and O–H groups in total. The van der Waals surface area contributed by atoms with E-state index in [2.05, 4.69) is 5.32 Å². The SMILES string of the molecule is CCCCC(NC(=O)c1ccc(COc2ccc(F)cc2)o1)C(=O)O. The number of carboxylic acid groups (broad SMARTS) is 1. The van der Waals surface area contributed by atoms with Crippen molar-refractivity contribution in [1.82, 2.24) is 5.32 Å². The number of carbonyl (C=O) groups is 2. The molecule has 25 heavy (non-hydrogen) atoms. The van der Waals surface area contributed by atoms with Crippen LogP contribution < -0.4 is 10.1 Å². The van der Waals surface area contributed by atoms with Crippen molar-refractivity contribution in [3.05, 3.63) is 53.7 Å². The average Bonchev–Trinajstić information content (AvgIpc) is 3.07. The predicted molar refractivity (Wildman–Crippen MR) is 87.9 cm³/mol. The van der Waals surface area contributed by atoms with E-state index in [9.17, 15) is 14.0 Å². The van der Waals surface area contributed by atoms with Gasteiger partial charge in [0, 0.05) is 0 Å². The molecule has 0 aliphatic heterocycles. The van der Waals surface area contributed by atoms with Gasteiger partial charge < -0.3 is 19.6 Å². The van der Waals surface area contributed by atoms with Crippen molar-refractivity contribution in [1.29, 1.82) is 0 Å². The van der Waals surface area contributed by atoms with Gasteiger partial charge in [0.2, 0.25) is 0 Å². The number of rotatable bonds is 9. The standard InChI is InChI=1S/C18H20FNO5/c1-2-3-4-15(18(22)23)20-17(21)16-10-9-14(25-16)11-24-13-7-5-12(19)6-8-13/h5-10,15H,2-4,11H2,1H3,(H,20,21)(H,22,23). The molecule has 1 heterocycles. The van der Waals surface area contributed by atoms with E-state index in [1.165, 1.54) is 30.3 Å². The highest BCUT2D eigenvalue weighted by Gasteiger charge is 2.21. The molecule has 1 atom stereocenters. The molecule has 0 radical (unpaired) electrons. The largest absolute Gasteiger partial charge is 0.486 e. The van der Waals surface area contributed by atoms with Gasteiger partial charge in [-0.1, -0.05) is 19.8 Å². The Balaban J connectivity index is 1.91. The Morgan fingerprint density at radius 2 is 1.96 bits per heavy atom. The maximum atomic E-state index is 12.8. The molecule has 7 heteroatoms. The van der Waals surface area contributed by atoms with E-state index < -0.39 is 17.9 Å². The third-order valence-corrected chi connectivity index (χ3v) is 3.53. The minimum absolute atomic E-state index is 0.0143. The number of amides is 1. The predicted octanol–water partition coefficient (Wildman–Crippen LogP) is 3.37. The first-order chi connectivity index (χ1) is 12.0. The number of halogens is 1. The average molecular weight is 349 g/mol. The fourth-order valence-corrected chi connectivity index (χ4v) is 2.16. The van der Waals surface area contributed by atoms with Crippen LogP contribution in [0.4, 0.5) is 4.39 Å². The van der Waals surface area contributed by atoms with Gasteiger partial charge in [-0.15, -0.1) is 0 Å². The molecule has 0 fully saturated rings. The molecule has 2 rings (SSSR count). The van der Waals surface area contributed by atoms with E-state index >= 15 is 0 Å². The van der Waals surface area contributed by atoms with Gasteiger partial charge in [-0.2, -0.15) is 0 Å². The summed E-state index contributed by atoms with van der Waals surface area (Å²) in [5.41, 5.74) is 0. The van der Waals surface area contributed by atoms with Gasteiger partial charge in [0.1, 0.15) is 30.0 Å². The van der Waals surface area contributed by atoms with Crippen molar-refractivity contribution in [3.63, 3.8) is 0 Å². The molecule has 6 nitrogen and oxygen atoms in total. The van der Waals surface area contributed by atoms with E-state index in [4.69, 9.17) is 14.3 Å². The second-order valence-corrected chi connectivity index (χ2v) is 5.52. The number of nitrogens with one attached hydrogen (secondary N) is 1. The number of carbonyl (C=O) groups excluding carboxylic acids is 1. The zero-order chi connectivity index (χ0) is 18.2. The number of hydrogen-bond donors (Lipinski definition) is 2. The minimum Gasteiger partial charge on any atom is -0.486 e. The maximum absolute atomic E-state index is 12.8. The lowest BCUT2D eigenvalue weighted by Gasteiger charge is -2.12. The Kier molecular flexibility index (Phi) is 6.56. The molecule has 0 spiro atoms. The molecule has 0 saturated heterocycles. The van der Waals surface area contributed by atoms with Gasteiger partial charge >= 0.3 is 5.97 Å². The number of ether oxygens (including phenoxy) is 1. The van der Waals surface area contributed by atoms with E-state index in [1.807, 2.05) is 6.92 Å². The molecular weight excluding hydrogens is 329 g/mol. The Labute approximate surface area is 144 Å². The second-order valence-electron chi connectivity index (χ2n) is 5.52. The van der Waals surface area contributed by atoms with Crippen LogP contribution in [0, 0.1) is 5.82 Å². The first kappa shape index (κ1) is 18.5. The van der Waals surface area contributed by atoms with Crippen molar-refractivity contribution in [2.45, 2.75) is 38.8 Å². The van der Waals surface area contributed by atoms with Crippen LogP contribution in [0.1, 0.15) is 42.5 Å². The van der Waals surface area contributed by atoms with Crippen LogP contribution >= 0.6 is 0 Å². The number of carboxylic acids is 1. The highest BCUT2D eigenvalue weighted by molar-refractivity contribution is 5.94. The lowest BCUT2D eigenvalue weighted by molar-refractivity contribution is -0.139. The van der Waals surface area contributed by atoms with Crippen molar-refractivity contribution >= 4 is 11.9 Å². The summed E-state index contributed by atoms with van der Waals surface area (Å²) >= 11 is 0. The quantitative estimate of drug-likeness (QED) is 0.724. The molecule has 0 aliphatic rings. The molecule has 1 aromatic heterocycles. The summed E-state index contributed by atoms with van der Waals surface area (Å²) in [6.45, 7) is 2.01. The molecule has 0 saturated carbocycles. The molecule has 1 amide bonds. The van der Waals surface area contributed by atoms with Crippen molar-refractivity contribution < 1.29 is 28.2 Å². The van der Waals surface area contributed by atoms with E-state index in [0.717, 1.165) is 6.42 Å². The number of furan rings is 1. The van der Waals surface area contributed by atoms with Gasteiger partial charge in [0.25, 0.3) is 5.91 Å². The zero-order valence-electron chi connectivity index (χ0n) is 13.8. The van der Waals surface area contributed by atoms with E-state index in [-0.39, 0.29) is 18.2 Å². The van der Waals surface area contributed by atoms with Gasteiger partial charge in [0.15, 0.2) is 5.76 Å². The lowest BCUT2D eigenvalue weighted by atomic mass is 10.1. The van der Waals surface area contributed by atoms with Gasteiger partial charge in [-0.25, -0.2) is 9.18 Å². The first-order valence-electron chi connectivity index (χ1n) is 8.00. The number of benzene rings is 1. The van der Waals surface area contributed by atoms with Crippen LogP contribution in [0.25, 0.3) is 0 Å². The summed E-state index contributed by atoms with van der Waals surface area (Å²) in [6.07, 6.45) is 1.90. The summed E-state index contributed by atoms with van der Waals surface area (Å²) in [5.74, 6) is -1.14. The smallest absolute Gasteiger partial charge is 0.326 e. The number of aliphatic carboxylic acids is 1. The number of hydrogen-bond acceptors (Lipinski definition) is 4. The maximum Gasteiger partial charge on any atom is 0.326 e. The van der Waals surface area contributed by atoms with Crippen molar-refractivity contribution in [2.24, 2.45) is 0 Å². The Bertz CT molecular complexity index is 711. The fraction of sp³-hybridized carbons (Fsp3) is 0.333. The van der Waals surface area contributed by atoms with Crippen LogP contribution in [-0.2, 0) is 11.4 Å². The summed E-state index contributed by atoms with van der Waals surface area (Å²) in [5, 5.41) is 11.6. The van der Waals surface area contributed by atoms with E-state index in [1.54, 1.807) is 6.07 Å². The molecule has 134 valence electrons. The summed E-state index contributed by atoms with van der Waals surface area (Å²) < 4.78 is 23.6. The van der Waals surface area contributed by atoms with Crippen LogP contribution in [-0.4, -0.2) is 23.0 Å².